The third-order valence-corrected chi connectivity index (χ3v) is 1.31. The number of halogens is 1. The topological polar surface area (TPSA) is 12.0 Å². The zero-order chi connectivity index (χ0) is 8.10. The molecule has 0 saturated carbocycles. The van der Waals surface area contributed by atoms with Gasteiger partial charge >= 0.3 is 0 Å². The fourth-order valence-electron chi connectivity index (χ4n) is 0.787. The summed E-state index contributed by atoms with van der Waals surface area (Å²) in [6.07, 6.45) is 1.69. The first-order valence-corrected chi connectivity index (χ1v) is 3.44. The Hall–Kier alpha value is -1.31. The van der Waals surface area contributed by atoms with E-state index in [0.29, 0.717) is 12.2 Å². The molecule has 11 heavy (non-hydrogen) atoms. The third kappa shape index (κ3) is 2.08. The van der Waals surface area contributed by atoms with Gasteiger partial charge in [-0.1, -0.05) is 18.2 Å². The first-order valence-electron chi connectivity index (χ1n) is 3.44. The van der Waals surface area contributed by atoms with Crippen molar-refractivity contribution in [2.24, 2.45) is 0 Å². The maximum atomic E-state index is 12.8. The molecule has 1 N–H and O–H groups in total. The van der Waals surface area contributed by atoms with Gasteiger partial charge in [-0.25, -0.2) is 4.39 Å². The molecule has 1 rings (SSSR count). The van der Waals surface area contributed by atoms with Crippen LogP contribution in [0.5, 0.6) is 0 Å². The summed E-state index contributed by atoms with van der Waals surface area (Å²) in [7, 11) is 0. The molecule has 58 valence electrons. The minimum absolute atomic E-state index is 0.227. The van der Waals surface area contributed by atoms with Crippen LogP contribution in [-0.2, 0) is 0 Å². The largest absolute Gasteiger partial charge is 0.379 e. The molecule has 1 aromatic rings. The molecule has 0 saturated heterocycles. The second-order valence-corrected chi connectivity index (χ2v) is 2.15. The van der Waals surface area contributed by atoms with Gasteiger partial charge in [-0.2, -0.15) is 0 Å². The van der Waals surface area contributed by atoms with Gasteiger partial charge in [0.05, 0.1) is 5.69 Å². The van der Waals surface area contributed by atoms with E-state index in [1.165, 1.54) is 6.07 Å². The van der Waals surface area contributed by atoms with E-state index in [-0.39, 0.29) is 5.82 Å². The van der Waals surface area contributed by atoms with E-state index < -0.39 is 0 Å². The van der Waals surface area contributed by atoms with Crippen molar-refractivity contribution in [3.63, 3.8) is 0 Å². The van der Waals surface area contributed by atoms with Gasteiger partial charge in [0.2, 0.25) is 0 Å². The number of hydrogen-bond acceptors (Lipinski definition) is 1. The summed E-state index contributed by atoms with van der Waals surface area (Å²) >= 11 is 0. The van der Waals surface area contributed by atoms with Crippen LogP contribution in [0.15, 0.2) is 36.9 Å². The van der Waals surface area contributed by atoms with Crippen LogP contribution >= 0.6 is 0 Å². The normalized spacial score (nSPS) is 9.18. The Bertz CT molecular complexity index is 245. The Kier molecular flexibility index (Phi) is 2.66. The Labute approximate surface area is 65.6 Å². The van der Waals surface area contributed by atoms with Crippen molar-refractivity contribution < 1.29 is 4.39 Å². The lowest BCUT2D eigenvalue weighted by molar-refractivity contribution is 0.631. The van der Waals surface area contributed by atoms with Crippen molar-refractivity contribution in [2.45, 2.75) is 0 Å². The van der Waals surface area contributed by atoms with Crippen molar-refractivity contribution in [3.8, 4) is 0 Å². The Balaban J connectivity index is 2.69. The lowest BCUT2D eigenvalue weighted by Gasteiger charge is -2.02. The highest BCUT2D eigenvalue weighted by Crippen LogP contribution is 2.11. The van der Waals surface area contributed by atoms with E-state index in [1.807, 2.05) is 0 Å². The van der Waals surface area contributed by atoms with Crippen molar-refractivity contribution in [1.29, 1.82) is 0 Å². The second kappa shape index (κ2) is 3.76. The quantitative estimate of drug-likeness (QED) is 0.654. The van der Waals surface area contributed by atoms with E-state index in [0.717, 1.165) is 0 Å². The average molecular weight is 151 g/mol. The van der Waals surface area contributed by atoms with E-state index in [1.54, 1.807) is 24.3 Å². The number of para-hydroxylation sites is 1. The predicted molar refractivity (Wildman–Crippen MR) is 45.1 cm³/mol. The van der Waals surface area contributed by atoms with Crippen LogP contribution in [0.2, 0.25) is 0 Å². The van der Waals surface area contributed by atoms with Gasteiger partial charge < -0.3 is 5.32 Å². The van der Waals surface area contributed by atoms with Crippen molar-refractivity contribution in [1.82, 2.24) is 0 Å². The van der Waals surface area contributed by atoms with E-state index in [9.17, 15) is 4.39 Å². The number of anilines is 1. The molecule has 0 atom stereocenters. The highest BCUT2D eigenvalue weighted by Gasteiger charge is 1.95. The number of rotatable bonds is 3. The molecule has 0 unspecified atom stereocenters. The first kappa shape index (κ1) is 7.79. The van der Waals surface area contributed by atoms with Crippen LogP contribution in [0.25, 0.3) is 0 Å². The highest BCUT2D eigenvalue weighted by molar-refractivity contribution is 5.44. The molecule has 2 heteroatoms. The fraction of sp³-hybridized carbons (Fsp3) is 0.111. The predicted octanol–water partition coefficient (Wildman–Crippen LogP) is 2.42. The summed E-state index contributed by atoms with van der Waals surface area (Å²) in [4.78, 5) is 0. The number of hydrogen-bond donors (Lipinski definition) is 1. The van der Waals surface area contributed by atoms with Crippen LogP contribution in [-0.4, -0.2) is 6.54 Å². The van der Waals surface area contributed by atoms with Gasteiger partial charge in [-0.3, -0.25) is 0 Å². The summed E-state index contributed by atoms with van der Waals surface area (Å²) in [6.45, 7) is 4.10. The molecule has 0 bridgehead atoms. The number of benzene rings is 1. The minimum atomic E-state index is -0.227. The molecule has 0 radical (unpaired) electrons. The molecule has 0 heterocycles. The zero-order valence-corrected chi connectivity index (χ0v) is 6.18. The molecule has 0 aliphatic heterocycles. The molecular weight excluding hydrogens is 141 g/mol. The van der Waals surface area contributed by atoms with Crippen LogP contribution in [0, 0.1) is 5.82 Å². The molecule has 0 fully saturated rings. The van der Waals surface area contributed by atoms with Gasteiger partial charge in [0, 0.05) is 6.54 Å². The zero-order valence-electron chi connectivity index (χ0n) is 6.18. The lowest BCUT2D eigenvalue weighted by Crippen LogP contribution is -1.99. The molecule has 0 aliphatic rings. The van der Waals surface area contributed by atoms with Crippen LogP contribution < -0.4 is 5.32 Å². The first-order chi connectivity index (χ1) is 5.34. The van der Waals surface area contributed by atoms with Crippen molar-refractivity contribution in [2.75, 3.05) is 11.9 Å². The SMILES string of the molecule is C=CCNc1ccccc1F. The maximum Gasteiger partial charge on any atom is 0.146 e. The molecular formula is C9H10FN. The van der Waals surface area contributed by atoms with Gasteiger partial charge in [0.15, 0.2) is 0 Å². The summed E-state index contributed by atoms with van der Waals surface area (Å²) < 4.78 is 12.8. The summed E-state index contributed by atoms with van der Waals surface area (Å²) in [5, 5.41) is 2.87. The molecule has 0 aliphatic carbocycles. The van der Waals surface area contributed by atoms with E-state index in [2.05, 4.69) is 11.9 Å². The average Bonchev–Trinajstić information content (AvgIpc) is 2.03. The monoisotopic (exact) mass is 151 g/mol. The Morgan fingerprint density at radius 3 is 2.82 bits per heavy atom. The van der Waals surface area contributed by atoms with Crippen LogP contribution in [0.4, 0.5) is 10.1 Å². The number of nitrogens with one attached hydrogen (secondary N) is 1. The van der Waals surface area contributed by atoms with Crippen LogP contribution in [0.3, 0.4) is 0 Å². The maximum absolute atomic E-state index is 12.8. The highest BCUT2D eigenvalue weighted by atomic mass is 19.1. The molecule has 0 aromatic heterocycles. The van der Waals surface area contributed by atoms with E-state index in [4.69, 9.17) is 0 Å². The third-order valence-electron chi connectivity index (χ3n) is 1.31. The smallest absolute Gasteiger partial charge is 0.146 e. The Morgan fingerprint density at radius 1 is 1.45 bits per heavy atom. The molecule has 1 nitrogen and oxygen atoms in total. The lowest BCUT2D eigenvalue weighted by atomic mass is 10.3. The second-order valence-electron chi connectivity index (χ2n) is 2.15. The van der Waals surface area contributed by atoms with E-state index >= 15 is 0 Å². The fourth-order valence-corrected chi connectivity index (χ4v) is 0.787. The molecule has 0 spiro atoms. The molecule has 1 aromatic carbocycles. The summed E-state index contributed by atoms with van der Waals surface area (Å²) in [5.41, 5.74) is 0.521. The minimum Gasteiger partial charge on any atom is -0.379 e. The standard InChI is InChI=1S/C9H10FN/c1-2-7-11-9-6-4-3-5-8(9)10/h2-6,11H,1,7H2. The summed E-state index contributed by atoms with van der Waals surface area (Å²) in [6, 6.07) is 6.56. The van der Waals surface area contributed by atoms with Gasteiger partial charge in [0.25, 0.3) is 0 Å². The van der Waals surface area contributed by atoms with Crippen LogP contribution in [0.1, 0.15) is 0 Å². The Morgan fingerprint density at radius 2 is 2.18 bits per heavy atom. The molecule has 0 amide bonds. The van der Waals surface area contributed by atoms with Gasteiger partial charge in [-0.05, 0) is 12.1 Å². The van der Waals surface area contributed by atoms with Crippen molar-refractivity contribution in [3.05, 3.63) is 42.7 Å². The van der Waals surface area contributed by atoms with Gasteiger partial charge in [-0.15, -0.1) is 6.58 Å². The summed E-state index contributed by atoms with van der Waals surface area (Å²) in [5.74, 6) is -0.227. The van der Waals surface area contributed by atoms with Gasteiger partial charge in [0.1, 0.15) is 5.82 Å². The van der Waals surface area contributed by atoms with Crippen molar-refractivity contribution >= 4 is 5.69 Å².